The average molecular weight is 353 g/mol. The van der Waals surface area contributed by atoms with Crippen molar-refractivity contribution in [3.8, 4) is 0 Å². The van der Waals surface area contributed by atoms with E-state index in [9.17, 15) is 9.59 Å². The Hall–Kier alpha value is -2.09. The van der Waals surface area contributed by atoms with Crippen molar-refractivity contribution in [2.45, 2.75) is 53.2 Å². The zero-order valence-electron chi connectivity index (χ0n) is 16.0. The van der Waals surface area contributed by atoms with Gasteiger partial charge in [0.2, 0.25) is 5.91 Å². The molecule has 8 nitrogen and oxygen atoms in total. The molecular formula is C17H31N5O3. The molecule has 1 aromatic heterocycles. The summed E-state index contributed by atoms with van der Waals surface area (Å²) < 4.78 is 6.92. The topological polar surface area (TPSA) is 88.5 Å². The van der Waals surface area contributed by atoms with Crippen molar-refractivity contribution in [1.29, 1.82) is 0 Å². The molecule has 0 saturated carbocycles. The van der Waals surface area contributed by atoms with Gasteiger partial charge in [-0.3, -0.25) is 9.48 Å². The van der Waals surface area contributed by atoms with Gasteiger partial charge in [0.15, 0.2) is 0 Å². The number of anilines is 1. The molecule has 0 bridgehead atoms. The normalized spacial score (nSPS) is 11.4. The summed E-state index contributed by atoms with van der Waals surface area (Å²) in [6, 6.07) is 0. The molecule has 0 unspecified atom stereocenters. The molecule has 0 aliphatic heterocycles. The van der Waals surface area contributed by atoms with Crippen molar-refractivity contribution in [1.82, 2.24) is 20.0 Å². The Balaban J connectivity index is 2.30. The van der Waals surface area contributed by atoms with Crippen molar-refractivity contribution in [3.63, 3.8) is 0 Å². The first-order valence-electron chi connectivity index (χ1n) is 8.75. The predicted octanol–water partition coefficient (Wildman–Crippen LogP) is 2.08. The summed E-state index contributed by atoms with van der Waals surface area (Å²) in [7, 11) is 0. The minimum atomic E-state index is -0.550. The first-order valence-corrected chi connectivity index (χ1v) is 8.75. The first-order chi connectivity index (χ1) is 11.7. The first kappa shape index (κ1) is 21.0. The number of alkyl carbamates (subject to hydrolysis) is 1. The number of aromatic nitrogens is 2. The van der Waals surface area contributed by atoms with Gasteiger partial charge in [-0.15, -0.1) is 0 Å². The highest BCUT2D eigenvalue weighted by molar-refractivity contribution is 5.90. The maximum absolute atomic E-state index is 11.9. The SMILES string of the molecule is CCN(CC)CCn1cc(NC(=O)CCNC(=O)OC(C)(C)C)cn1. The second-order valence-corrected chi connectivity index (χ2v) is 6.75. The maximum atomic E-state index is 11.9. The molecule has 0 atom stereocenters. The third-order valence-corrected chi connectivity index (χ3v) is 3.48. The number of hydrogen-bond acceptors (Lipinski definition) is 5. The molecule has 8 heteroatoms. The zero-order chi connectivity index (χ0) is 18.9. The summed E-state index contributed by atoms with van der Waals surface area (Å²) in [5.74, 6) is -0.181. The highest BCUT2D eigenvalue weighted by Gasteiger charge is 2.16. The van der Waals surface area contributed by atoms with Crippen LogP contribution < -0.4 is 10.6 Å². The molecule has 1 heterocycles. The zero-order valence-corrected chi connectivity index (χ0v) is 16.0. The van der Waals surface area contributed by atoms with Crippen LogP contribution >= 0.6 is 0 Å². The Labute approximate surface area is 149 Å². The number of rotatable bonds is 9. The van der Waals surface area contributed by atoms with E-state index in [0.717, 1.165) is 26.2 Å². The van der Waals surface area contributed by atoms with E-state index in [-0.39, 0.29) is 18.9 Å². The van der Waals surface area contributed by atoms with Crippen molar-refractivity contribution in [3.05, 3.63) is 12.4 Å². The van der Waals surface area contributed by atoms with Crippen LogP contribution in [-0.2, 0) is 16.1 Å². The highest BCUT2D eigenvalue weighted by atomic mass is 16.6. The van der Waals surface area contributed by atoms with Gasteiger partial charge in [-0.05, 0) is 33.9 Å². The Morgan fingerprint density at radius 3 is 2.56 bits per heavy atom. The lowest BCUT2D eigenvalue weighted by molar-refractivity contribution is -0.116. The quantitative estimate of drug-likeness (QED) is 0.709. The summed E-state index contributed by atoms with van der Waals surface area (Å²) in [6.07, 6.45) is 3.08. The van der Waals surface area contributed by atoms with Crippen molar-refractivity contribution < 1.29 is 14.3 Å². The van der Waals surface area contributed by atoms with Gasteiger partial charge in [-0.25, -0.2) is 4.79 Å². The van der Waals surface area contributed by atoms with Crippen LogP contribution in [0.3, 0.4) is 0 Å². The molecular weight excluding hydrogens is 322 g/mol. The smallest absolute Gasteiger partial charge is 0.407 e. The minimum absolute atomic E-state index is 0.171. The van der Waals surface area contributed by atoms with Gasteiger partial charge in [0.1, 0.15) is 5.60 Å². The fourth-order valence-corrected chi connectivity index (χ4v) is 2.15. The molecule has 0 spiro atoms. The minimum Gasteiger partial charge on any atom is -0.444 e. The molecule has 0 fully saturated rings. The number of nitrogens with one attached hydrogen (secondary N) is 2. The number of likely N-dealkylation sites (N-methyl/N-ethyl adjacent to an activating group) is 1. The second-order valence-electron chi connectivity index (χ2n) is 6.75. The van der Waals surface area contributed by atoms with Crippen LogP contribution in [0.4, 0.5) is 10.5 Å². The summed E-state index contributed by atoms with van der Waals surface area (Å²) in [4.78, 5) is 25.7. The Morgan fingerprint density at radius 2 is 1.96 bits per heavy atom. The molecule has 1 aromatic rings. The summed E-state index contributed by atoms with van der Waals surface area (Å²) in [5, 5.41) is 9.57. The van der Waals surface area contributed by atoms with Crippen molar-refractivity contribution >= 4 is 17.7 Å². The monoisotopic (exact) mass is 353 g/mol. The second kappa shape index (κ2) is 10.0. The van der Waals surface area contributed by atoms with Gasteiger partial charge >= 0.3 is 6.09 Å². The highest BCUT2D eigenvalue weighted by Crippen LogP contribution is 2.07. The molecule has 142 valence electrons. The van der Waals surface area contributed by atoms with Gasteiger partial charge in [0, 0.05) is 25.7 Å². The molecule has 2 N–H and O–H groups in total. The molecule has 2 amide bonds. The third-order valence-electron chi connectivity index (χ3n) is 3.48. The average Bonchev–Trinajstić information content (AvgIpc) is 2.93. The van der Waals surface area contributed by atoms with Crippen LogP contribution in [0.5, 0.6) is 0 Å². The molecule has 1 rings (SSSR count). The number of amides is 2. The fraction of sp³-hybridized carbons (Fsp3) is 0.706. The molecule has 0 aliphatic rings. The Morgan fingerprint density at radius 1 is 1.28 bits per heavy atom. The lowest BCUT2D eigenvalue weighted by Gasteiger charge is -2.19. The van der Waals surface area contributed by atoms with Crippen LogP contribution in [-0.4, -0.2) is 58.5 Å². The van der Waals surface area contributed by atoms with E-state index in [0.29, 0.717) is 5.69 Å². The summed E-state index contributed by atoms with van der Waals surface area (Å²) in [6.45, 7) is 13.5. The van der Waals surface area contributed by atoms with Crippen LogP contribution in [0.15, 0.2) is 12.4 Å². The van der Waals surface area contributed by atoms with E-state index in [2.05, 4.69) is 34.5 Å². The molecule has 0 radical (unpaired) electrons. The Bertz CT molecular complexity index is 547. The van der Waals surface area contributed by atoms with Gasteiger partial charge < -0.3 is 20.3 Å². The van der Waals surface area contributed by atoms with E-state index in [4.69, 9.17) is 4.74 Å². The van der Waals surface area contributed by atoms with Crippen LogP contribution in [0.25, 0.3) is 0 Å². The molecule has 0 aromatic carbocycles. The number of carbonyl (C=O) groups excluding carboxylic acids is 2. The number of hydrogen-bond donors (Lipinski definition) is 2. The lowest BCUT2D eigenvalue weighted by atomic mass is 10.2. The predicted molar refractivity (Wildman–Crippen MR) is 97.5 cm³/mol. The maximum Gasteiger partial charge on any atom is 0.407 e. The van der Waals surface area contributed by atoms with E-state index in [1.54, 1.807) is 27.0 Å². The summed E-state index contributed by atoms with van der Waals surface area (Å²) in [5.41, 5.74) is 0.105. The standard InChI is InChI=1S/C17H31N5O3/c1-6-21(7-2)10-11-22-13-14(12-19-22)20-15(23)8-9-18-16(24)25-17(3,4)5/h12-13H,6-11H2,1-5H3,(H,18,24)(H,20,23). The van der Waals surface area contributed by atoms with Crippen molar-refractivity contribution in [2.75, 3.05) is 31.5 Å². The van der Waals surface area contributed by atoms with Gasteiger partial charge in [0.25, 0.3) is 0 Å². The molecule has 25 heavy (non-hydrogen) atoms. The van der Waals surface area contributed by atoms with E-state index >= 15 is 0 Å². The lowest BCUT2D eigenvalue weighted by Crippen LogP contribution is -2.34. The van der Waals surface area contributed by atoms with Crippen LogP contribution in [0.1, 0.15) is 41.0 Å². The van der Waals surface area contributed by atoms with Crippen molar-refractivity contribution in [2.24, 2.45) is 0 Å². The number of carbonyl (C=O) groups is 2. The van der Waals surface area contributed by atoms with Gasteiger partial charge in [0.05, 0.1) is 18.4 Å². The van der Waals surface area contributed by atoms with Crippen LogP contribution in [0, 0.1) is 0 Å². The van der Waals surface area contributed by atoms with E-state index < -0.39 is 11.7 Å². The third kappa shape index (κ3) is 9.09. The van der Waals surface area contributed by atoms with E-state index in [1.165, 1.54) is 0 Å². The molecule has 0 saturated heterocycles. The van der Waals surface area contributed by atoms with Gasteiger partial charge in [-0.1, -0.05) is 13.8 Å². The largest absolute Gasteiger partial charge is 0.444 e. The van der Waals surface area contributed by atoms with Crippen LogP contribution in [0.2, 0.25) is 0 Å². The fourth-order valence-electron chi connectivity index (χ4n) is 2.15. The number of ether oxygens (including phenoxy) is 1. The Kier molecular flexibility index (Phi) is 8.40. The number of nitrogens with zero attached hydrogens (tertiary/aromatic N) is 3. The van der Waals surface area contributed by atoms with Gasteiger partial charge in [-0.2, -0.15) is 5.10 Å². The van der Waals surface area contributed by atoms with E-state index in [1.807, 2.05) is 10.9 Å². The molecule has 0 aliphatic carbocycles. The summed E-state index contributed by atoms with van der Waals surface area (Å²) >= 11 is 0.